The molecule has 1 N–H and O–H groups in total. The SMILES string of the molecule is CC(C)(C)C1CC(OCCOc2ccc(C3COS(=O)(=O)OC3)cc2)CCN1C(=O)O. The molecule has 0 aliphatic carbocycles. The third-order valence-corrected chi connectivity index (χ3v) is 6.53. The number of benzene rings is 1. The van der Waals surface area contributed by atoms with E-state index in [-0.39, 0.29) is 36.7 Å². The van der Waals surface area contributed by atoms with E-state index in [1.807, 2.05) is 45.0 Å². The molecule has 0 saturated carbocycles. The number of nitrogens with zero attached hydrogens (tertiary/aromatic N) is 1. The van der Waals surface area contributed by atoms with Crippen LogP contribution < -0.4 is 4.74 Å². The normalized spacial score (nSPS) is 24.7. The van der Waals surface area contributed by atoms with E-state index < -0.39 is 16.5 Å². The number of hydrogen-bond donors (Lipinski definition) is 1. The Morgan fingerprint density at radius 1 is 1.16 bits per heavy atom. The summed E-state index contributed by atoms with van der Waals surface area (Å²) in [6.45, 7) is 7.54. The van der Waals surface area contributed by atoms with Crippen LogP contribution in [0.1, 0.15) is 45.1 Å². The van der Waals surface area contributed by atoms with Crippen LogP contribution in [0.25, 0.3) is 0 Å². The molecule has 1 aromatic carbocycles. The van der Waals surface area contributed by atoms with Crippen molar-refractivity contribution in [1.29, 1.82) is 0 Å². The second kappa shape index (κ2) is 9.72. The van der Waals surface area contributed by atoms with Crippen molar-refractivity contribution >= 4 is 16.5 Å². The van der Waals surface area contributed by atoms with Gasteiger partial charge in [0.05, 0.1) is 25.9 Å². The fourth-order valence-electron chi connectivity index (χ4n) is 3.95. The van der Waals surface area contributed by atoms with E-state index in [1.54, 1.807) is 0 Å². The van der Waals surface area contributed by atoms with Gasteiger partial charge in [-0.05, 0) is 36.0 Å². The molecule has 2 saturated heterocycles. The molecule has 10 heteroatoms. The molecule has 0 aromatic heterocycles. The zero-order valence-electron chi connectivity index (χ0n) is 18.2. The molecule has 1 amide bonds. The highest BCUT2D eigenvalue weighted by Gasteiger charge is 2.39. The van der Waals surface area contributed by atoms with Crippen LogP contribution >= 0.6 is 0 Å². The van der Waals surface area contributed by atoms with Gasteiger partial charge in [0.25, 0.3) is 0 Å². The fourth-order valence-corrected chi connectivity index (χ4v) is 4.68. The number of piperidine rings is 1. The van der Waals surface area contributed by atoms with E-state index in [9.17, 15) is 18.3 Å². The minimum absolute atomic E-state index is 0.00776. The topological polar surface area (TPSA) is 112 Å². The maximum Gasteiger partial charge on any atom is 0.407 e. The lowest BCUT2D eigenvalue weighted by Crippen LogP contribution is -2.53. The molecule has 9 nitrogen and oxygen atoms in total. The summed E-state index contributed by atoms with van der Waals surface area (Å²) in [6, 6.07) is 7.28. The Hall–Kier alpha value is -1.88. The second-order valence-corrected chi connectivity index (χ2v) is 10.3. The van der Waals surface area contributed by atoms with Crippen molar-refractivity contribution in [2.24, 2.45) is 5.41 Å². The van der Waals surface area contributed by atoms with Gasteiger partial charge in [0, 0.05) is 18.5 Å². The fraction of sp³-hybridized carbons (Fsp3) is 0.667. The molecule has 0 bridgehead atoms. The Labute approximate surface area is 183 Å². The smallest absolute Gasteiger partial charge is 0.407 e. The second-order valence-electron chi connectivity index (χ2n) is 8.97. The lowest BCUT2D eigenvalue weighted by atomic mass is 9.80. The highest BCUT2D eigenvalue weighted by molar-refractivity contribution is 7.81. The molecule has 2 fully saturated rings. The summed E-state index contributed by atoms with van der Waals surface area (Å²) in [7, 11) is -3.85. The quantitative estimate of drug-likeness (QED) is 0.649. The number of likely N-dealkylation sites (tertiary alicyclic amines) is 1. The van der Waals surface area contributed by atoms with E-state index in [2.05, 4.69) is 0 Å². The van der Waals surface area contributed by atoms with Crippen LogP contribution in [0.3, 0.4) is 0 Å². The lowest BCUT2D eigenvalue weighted by molar-refractivity contribution is -0.0410. The summed E-state index contributed by atoms with van der Waals surface area (Å²) in [4.78, 5) is 13.0. The van der Waals surface area contributed by atoms with E-state index in [0.717, 1.165) is 5.56 Å². The van der Waals surface area contributed by atoms with Gasteiger partial charge >= 0.3 is 16.5 Å². The summed E-state index contributed by atoms with van der Waals surface area (Å²) in [6.07, 6.45) is 0.479. The summed E-state index contributed by atoms with van der Waals surface area (Å²) in [5.74, 6) is 0.541. The van der Waals surface area contributed by atoms with E-state index in [0.29, 0.717) is 38.3 Å². The highest BCUT2D eigenvalue weighted by Crippen LogP contribution is 2.33. The van der Waals surface area contributed by atoms with Crippen LogP contribution in [-0.2, 0) is 23.5 Å². The monoisotopic (exact) mass is 457 g/mol. The average molecular weight is 458 g/mol. The van der Waals surface area contributed by atoms with Crippen LogP contribution in [0.5, 0.6) is 5.75 Å². The van der Waals surface area contributed by atoms with Crippen LogP contribution in [0.4, 0.5) is 4.79 Å². The molecule has 31 heavy (non-hydrogen) atoms. The van der Waals surface area contributed by atoms with Gasteiger partial charge in [-0.1, -0.05) is 32.9 Å². The van der Waals surface area contributed by atoms with Crippen molar-refractivity contribution in [3.63, 3.8) is 0 Å². The van der Waals surface area contributed by atoms with Gasteiger partial charge in [-0.2, -0.15) is 8.42 Å². The Balaban J connectivity index is 1.42. The molecule has 2 aliphatic rings. The van der Waals surface area contributed by atoms with Crippen LogP contribution in [0, 0.1) is 5.41 Å². The molecule has 174 valence electrons. The summed E-state index contributed by atoms with van der Waals surface area (Å²) >= 11 is 0. The van der Waals surface area contributed by atoms with Gasteiger partial charge < -0.3 is 19.5 Å². The van der Waals surface area contributed by atoms with Crippen LogP contribution in [0.15, 0.2) is 24.3 Å². The number of rotatable bonds is 6. The van der Waals surface area contributed by atoms with E-state index >= 15 is 0 Å². The largest absolute Gasteiger partial charge is 0.491 e. The molecule has 1 aromatic rings. The molecule has 0 spiro atoms. The number of carboxylic acid groups (broad SMARTS) is 1. The summed E-state index contributed by atoms with van der Waals surface area (Å²) in [5.41, 5.74) is 0.758. The minimum atomic E-state index is -3.85. The first-order valence-electron chi connectivity index (χ1n) is 10.4. The van der Waals surface area contributed by atoms with Crippen molar-refractivity contribution in [3.05, 3.63) is 29.8 Å². The van der Waals surface area contributed by atoms with Crippen LogP contribution in [-0.4, -0.2) is 69.6 Å². The Bertz CT molecular complexity index is 835. The van der Waals surface area contributed by atoms with Gasteiger partial charge in [0.1, 0.15) is 12.4 Å². The molecule has 2 atom stereocenters. The number of carbonyl (C=O) groups is 1. The maximum atomic E-state index is 11.5. The number of ether oxygens (including phenoxy) is 2. The van der Waals surface area contributed by atoms with Crippen LogP contribution in [0.2, 0.25) is 0 Å². The van der Waals surface area contributed by atoms with Crippen molar-refractivity contribution < 1.29 is 36.2 Å². The van der Waals surface area contributed by atoms with Crippen molar-refractivity contribution in [2.45, 2.75) is 51.7 Å². The molecule has 2 unspecified atom stereocenters. The number of hydrogen-bond acceptors (Lipinski definition) is 7. The first-order valence-corrected chi connectivity index (χ1v) is 11.8. The molecule has 3 rings (SSSR count). The Morgan fingerprint density at radius 3 is 2.39 bits per heavy atom. The Kier molecular flexibility index (Phi) is 7.46. The first-order chi connectivity index (χ1) is 14.5. The highest BCUT2D eigenvalue weighted by atomic mass is 32.3. The predicted molar refractivity (Wildman–Crippen MR) is 112 cm³/mol. The zero-order valence-corrected chi connectivity index (χ0v) is 19.0. The maximum absolute atomic E-state index is 11.5. The average Bonchev–Trinajstić information content (AvgIpc) is 2.71. The van der Waals surface area contributed by atoms with Crippen molar-refractivity contribution in [2.75, 3.05) is 33.0 Å². The molecule has 2 aliphatic heterocycles. The summed E-state index contributed by atoms with van der Waals surface area (Å²) in [5, 5.41) is 9.45. The molecular weight excluding hydrogens is 426 g/mol. The third-order valence-electron chi connectivity index (χ3n) is 5.68. The van der Waals surface area contributed by atoms with Crippen molar-refractivity contribution in [1.82, 2.24) is 4.90 Å². The third kappa shape index (κ3) is 6.55. The van der Waals surface area contributed by atoms with Gasteiger partial charge in [0.2, 0.25) is 0 Å². The van der Waals surface area contributed by atoms with E-state index in [1.165, 1.54) is 4.90 Å². The lowest BCUT2D eigenvalue weighted by Gasteiger charge is -2.44. The van der Waals surface area contributed by atoms with Gasteiger partial charge in [0.15, 0.2) is 0 Å². The van der Waals surface area contributed by atoms with E-state index in [4.69, 9.17) is 17.8 Å². The molecule has 2 heterocycles. The standard InChI is InChI=1S/C21H31NO8S/c1-21(2,3)19-12-18(8-9-22(19)20(23)24)28-11-10-27-17-6-4-15(5-7-17)16-13-29-31(25,26)30-14-16/h4-7,16,18-19H,8-14H2,1-3H3,(H,23,24). The van der Waals surface area contributed by atoms with Gasteiger partial charge in [-0.3, -0.25) is 0 Å². The van der Waals surface area contributed by atoms with Gasteiger partial charge in [-0.25, -0.2) is 13.2 Å². The predicted octanol–water partition coefficient (Wildman–Crippen LogP) is 3.01. The van der Waals surface area contributed by atoms with Gasteiger partial charge in [-0.15, -0.1) is 0 Å². The zero-order chi connectivity index (χ0) is 22.6. The summed E-state index contributed by atoms with van der Waals surface area (Å²) < 4.78 is 43.4. The number of amides is 1. The molecular formula is C21H31NO8S. The van der Waals surface area contributed by atoms with Crippen molar-refractivity contribution in [3.8, 4) is 5.75 Å². The minimum Gasteiger partial charge on any atom is -0.491 e. The Morgan fingerprint density at radius 2 is 1.81 bits per heavy atom. The first kappa shape index (κ1) is 23.8. The molecule has 0 radical (unpaired) electrons.